The lowest BCUT2D eigenvalue weighted by atomic mass is 9.80. The van der Waals surface area contributed by atoms with E-state index in [-0.39, 0.29) is 11.2 Å². The van der Waals surface area contributed by atoms with E-state index < -0.39 is 0 Å². The summed E-state index contributed by atoms with van der Waals surface area (Å²) < 4.78 is 15.7. The molecular formula is C16H22FN3. The normalized spacial score (nSPS) is 18.9. The minimum atomic E-state index is -0.215. The van der Waals surface area contributed by atoms with Crippen molar-refractivity contribution in [2.75, 3.05) is 13.1 Å². The van der Waals surface area contributed by atoms with Crippen LogP contribution in [0.1, 0.15) is 45.5 Å². The fourth-order valence-corrected chi connectivity index (χ4v) is 3.22. The maximum atomic E-state index is 13.5. The van der Waals surface area contributed by atoms with Crippen LogP contribution in [0.3, 0.4) is 0 Å². The van der Waals surface area contributed by atoms with Crippen LogP contribution >= 0.6 is 0 Å². The van der Waals surface area contributed by atoms with Gasteiger partial charge in [-0.1, -0.05) is 6.92 Å². The molecule has 2 aromatic rings. The molecule has 2 heterocycles. The summed E-state index contributed by atoms with van der Waals surface area (Å²) in [5, 5.41) is 3.40. The van der Waals surface area contributed by atoms with Crippen LogP contribution in [0.4, 0.5) is 4.39 Å². The summed E-state index contributed by atoms with van der Waals surface area (Å²) in [6.07, 6.45) is 2.15. The van der Waals surface area contributed by atoms with Gasteiger partial charge in [0.25, 0.3) is 0 Å². The van der Waals surface area contributed by atoms with Crippen LogP contribution < -0.4 is 5.32 Å². The van der Waals surface area contributed by atoms with E-state index in [0.717, 1.165) is 42.8 Å². The molecule has 1 saturated heterocycles. The zero-order valence-corrected chi connectivity index (χ0v) is 12.4. The molecule has 0 unspecified atom stereocenters. The molecule has 1 aliphatic rings. The monoisotopic (exact) mass is 275 g/mol. The quantitative estimate of drug-likeness (QED) is 0.910. The fraction of sp³-hybridized carbons (Fsp3) is 0.562. The van der Waals surface area contributed by atoms with E-state index in [4.69, 9.17) is 4.98 Å². The molecule has 4 heteroatoms. The Morgan fingerprint density at radius 1 is 1.30 bits per heavy atom. The number of benzene rings is 1. The molecule has 108 valence electrons. The molecule has 0 saturated carbocycles. The number of nitrogens with zero attached hydrogens (tertiary/aromatic N) is 2. The van der Waals surface area contributed by atoms with Gasteiger partial charge in [-0.15, -0.1) is 0 Å². The predicted molar refractivity (Wildman–Crippen MR) is 79.5 cm³/mol. The van der Waals surface area contributed by atoms with Crippen LogP contribution in [-0.4, -0.2) is 22.6 Å². The van der Waals surface area contributed by atoms with Gasteiger partial charge in [-0.05, 0) is 51.9 Å². The van der Waals surface area contributed by atoms with Gasteiger partial charge in [0.15, 0.2) is 0 Å². The lowest BCUT2D eigenvalue weighted by Gasteiger charge is -2.34. The van der Waals surface area contributed by atoms with Gasteiger partial charge in [0.2, 0.25) is 0 Å². The molecule has 0 bridgehead atoms. The summed E-state index contributed by atoms with van der Waals surface area (Å²) >= 11 is 0. The van der Waals surface area contributed by atoms with E-state index in [9.17, 15) is 4.39 Å². The summed E-state index contributed by atoms with van der Waals surface area (Å²) in [6.45, 7) is 8.65. The van der Waals surface area contributed by atoms with Crippen molar-refractivity contribution in [1.82, 2.24) is 14.9 Å². The van der Waals surface area contributed by atoms with E-state index in [1.54, 1.807) is 6.07 Å². The number of hydrogen-bond donors (Lipinski definition) is 1. The highest BCUT2D eigenvalue weighted by molar-refractivity contribution is 5.76. The Morgan fingerprint density at radius 3 is 2.65 bits per heavy atom. The van der Waals surface area contributed by atoms with Crippen molar-refractivity contribution in [3.63, 3.8) is 0 Å². The van der Waals surface area contributed by atoms with E-state index in [1.165, 1.54) is 6.07 Å². The van der Waals surface area contributed by atoms with E-state index >= 15 is 0 Å². The zero-order chi connectivity index (χ0) is 14.3. The van der Waals surface area contributed by atoms with Crippen molar-refractivity contribution < 1.29 is 4.39 Å². The smallest absolute Gasteiger partial charge is 0.125 e. The highest BCUT2D eigenvalue weighted by Gasteiger charge is 2.34. The van der Waals surface area contributed by atoms with Gasteiger partial charge >= 0.3 is 0 Å². The molecule has 1 aliphatic heterocycles. The second kappa shape index (κ2) is 4.85. The lowest BCUT2D eigenvalue weighted by molar-refractivity contribution is 0.305. The summed E-state index contributed by atoms with van der Waals surface area (Å²) in [4.78, 5) is 4.79. The first kappa shape index (κ1) is 13.6. The molecule has 1 aromatic carbocycles. The second-order valence-corrected chi connectivity index (χ2v) is 6.34. The molecule has 0 atom stereocenters. The Bertz CT molecular complexity index is 624. The van der Waals surface area contributed by atoms with E-state index in [0.29, 0.717) is 6.04 Å². The number of hydrogen-bond acceptors (Lipinski definition) is 2. The Hall–Kier alpha value is -1.42. The SMILES string of the molecule is CC(C)n1c(C2(C)CCNCC2)nc2cc(F)ccc21. The van der Waals surface area contributed by atoms with Gasteiger partial charge in [-0.25, -0.2) is 9.37 Å². The maximum Gasteiger partial charge on any atom is 0.125 e. The first-order chi connectivity index (χ1) is 9.51. The number of fused-ring (bicyclic) bond motifs is 1. The first-order valence-corrected chi connectivity index (χ1v) is 7.40. The number of piperidine rings is 1. The minimum absolute atomic E-state index is 0.0744. The van der Waals surface area contributed by atoms with Crippen LogP contribution in [0.5, 0.6) is 0 Å². The summed E-state index contributed by atoms with van der Waals surface area (Å²) in [5.74, 6) is 0.891. The number of imidazole rings is 1. The van der Waals surface area contributed by atoms with Crippen molar-refractivity contribution in [3.8, 4) is 0 Å². The molecule has 3 rings (SSSR count). The van der Waals surface area contributed by atoms with Crippen molar-refractivity contribution in [3.05, 3.63) is 29.8 Å². The number of nitrogens with one attached hydrogen (secondary N) is 1. The van der Waals surface area contributed by atoms with Crippen molar-refractivity contribution in [2.45, 2.75) is 45.1 Å². The molecular weight excluding hydrogens is 253 g/mol. The molecule has 0 radical (unpaired) electrons. The summed E-state index contributed by atoms with van der Waals surface area (Å²) in [6, 6.07) is 5.25. The Morgan fingerprint density at radius 2 is 2.00 bits per heavy atom. The largest absolute Gasteiger partial charge is 0.325 e. The zero-order valence-electron chi connectivity index (χ0n) is 12.4. The Balaban J connectivity index is 2.21. The van der Waals surface area contributed by atoms with Crippen molar-refractivity contribution in [1.29, 1.82) is 0 Å². The van der Waals surface area contributed by atoms with Crippen LogP contribution in [0.15, 0.2) is 18.2 Å². The van der Waals surface area contributed by atoms with Crippen LogP contribution in [0, 0.1) is 5.82 Å². The average molecular weight is 275 g/mol. The van der Waals surface area contributed by atoms with Gasteiger partial charge in [0, 0.05) is 17.5 Å². The number of rotatable bonds is 2. The third kappa shape index (κ3) is 2.12. The highest BCUT2D eigenvalue weighted by atomic mass is 19.1. The molecule has 3 nitrogen and oxygen atoms in total. The third-order valence-corrected chi connectivity index (χ3v) is 4.41. The fourth-order valence-electron chi connectivity index (χ4n) is 3.22. The first-order valence-electron chi connectivity index (χ1n) is 7.40. The average Bonchev–Trinajstić information content (AvgIpc) is 2.78. The van der Waals surface area contributed by atoms with Gasteiger partial charge in [0.05, 0.1) is 11.0 Å². The van der Waals surface area contributed by atoms with Crippen LogP contribution in [-0.2, 0) is 5.41 Å². The molecule has 0 aliphatic carbocycles. The number of halogens is 1. The Kier molecular flexibility index (Phi) is 3.28. The molecule has 1 N–H and O–H groups in total. The van der Waals surface area contributed by atoms with Gasteiger partial charge in [0.1, 0.15) is 11.6 Å². The standard InChI is InChI=1S/C16H22FN3/c1-11(2)20-14-5-4-12(17)10-13(14)19-15(20)16(3)6-8-18-9-7-16/h4-5,10-11,18H,6-9H2,1-3H3. The molecule has 1 fully saturated rings. The van der Waals surface area contributed by atoms with Gasteiger partial charge in [-0.3, -0.25) is 0 Å². The second-order valence-electron chi connectivity index (χ2n) is 6.34. The Labute approximate surface area is 119 Å². The van der Waals surface area contributed by atoms with Crippen molar-refractivity contribution >= 4 is 11.0 Å². The predicted octanol–water partition coefficient (Wildman–Crippen LogP) is 3.40. The van der Waals surface area contributed by atoms with E-state index in [1.807, 2.05) is 6.07 Å². The van der Waals surface area contributed by atoms with Gasteiger partial charge < -0.3 is 9.88 Å². The molecule has 1 aromatic heterocycles. The van der Waals surface area contributed by atoms with E-state index in [2.05, 4.69) is 30.7 Å². The van der Waals surface area contributed by atoms with Crippen LogP contribution in [0.25, 0.3) is 11.0 Å². The number of aromatic nitrogens is 2. The van der Waals surface area contributed by atoms with Gasteiger partial charge in [-0.2, -0.15) is 0 Å². The molecule has 0 spiro atoms. The third-order valence-electron chi connectivity index (χ3n) is 4.41. The van der Waals surface area contributed by atoms with Crippen molar-refractivity contribution in [2.24, 2.45) is 0 Å². The van der Waals surface area contributed by atoms with Crippen LogP contribution in [0.2, 0.25) is 0 Å². The topological polar surface area (TPSA) is 29.9 Å². The summed E-state index contributed by atoms with van der Waals surface area (Å²) in [5.41, 5.74) is 1.88. The lowest BCUT2D eigenvalue weighted by Crippen LogP contribution is -2.39. The molecule has 0 amide bonds. The molecule has 20 heavy (non-hydrogen) atoms. The maximum absolute atomic E-state index is 13.5. The minimum Gasteiger partial charge on any atom is -0.325 e. The highest BCUT2D eigenvalue weighted by Crippen LogP contribution is 2.36. The summed E-state index contributed by atoms with van der Waals surface area (Å²) in [7, 11) is 0.